The summed E-state index contributed by atoms with van der Waals surface area (Å²) in [4.78, 5) is 43.2. The first-order valence-corrected chi connectivity index (χ1v) is 12.2. The number of carbonyl (C=O) groups is 3. The van der Waals surface area contributed by atoms with E-state index in [1.807, 2.05) is 74.5 Å². The van der Waals surface area contributed by atoms with Crippen LogP contribution in [0.1, 0.15) is 42.2 Å². The Morgan fingerprint density at radius 1 is 0.829 bits per heavy atom. The van der Waals surface area contributed by atoms with E-state index in [2.05, 4.69) is 15.9 Å². The molecule has 0 saturated heterocycles. The first-order chi connectivity index (χ1) is 16.8. The number of halogens is 1. The van der Waals surface area contributed by atoms with Gasteiger partial charge >= 0.3 is 0 Å². The van der Waals surface area contributed by atoms with E-state index in [0.29, 0.717) is 27.8 Å². The van der Waals surface area contributed by atoms with Gasteiger partial charge in [-0.3, -0.25) is 19.3 Å². The maximum absolute atomic E-state index is 13.5. The summed E-state index contributed by atoms with van der Waals surface area (Å²) >= 11 is 3.52. The van der Waals surface area contributed by atoms with E-state index in [4.69, 9.17) is 0 Å². The Bertz CT molecular complexity index is 1470. The number of rotatable bonds is 5. The number of aryl methyl sites for hydroxylation is 2. The average Bonchev–Trinajstić information content (AvgIpc) is 2.86. The minimum atomic E-state index is -0.349. The predicted molar refractivity (Wildman–Crippen MR) is 141 cm³/mol. The van der Waals surface area contributed by atoms with E-state index in [9.17, 15) is 14.4 Å². The van der Waals surface area contributed by atoms with E-state index < -0.39 is 0 Å². The van der Waals surface area contributed by atoms with E-state index in [1.54, 1.807) is 23.1 Å². The van der Waals surface area contributed by atoms with Crippen molar-refractivity contribution in [2.75, 3.05) is 18.0 Å². The Labute approximate surface area is 212 Å². The van der Waals surface area contributed by atoms with Crippen molar-refractivity contribution < 1.29 is 14.4 Å². The quantitative estimate of drug-likeness (QED) is 0.292. The molecule has 0 fully saturated rings. The van der Waals surface area contributed by atoms with Gasteiger partial charge in [-0.15, -0.1) is 0 Å². The molecule has 0 bridgehead atoms. The molecule has 1 aliphatic rings. The molecule has 6 heteroatoms. The molecule has 0 saturated carbocycles. The Balaban J connectivity index is 1.48. The molecule has 5 nitrogen and oxygen atoms in total. The van der Waals surface area contributed by atoms with Crippen LogP contribution in [0, 0.1) is 13.8 Å². The Hall–Kier alpha value is -3.77. The Kier molecular flexibility index (Phi) is 5.99. The van der Waals surface area contributed by atoms with Crippen molar-refractivity contribution >= 4 is 50.1 Å². The number of anilines is 1. The zero-order valence-corrected chi connectivity index (χ0v) is 21.0. The van der Waals surface area contributed by atoms with Gasteiger partial charge in [0, 0.05) is 45.3 Å². The lowest BCUT2D eigenvalue weighted by atomic mass is 9.94. The van der Waals surface area contributed by atoms with Crippen LogP contribution in [0.15, 0.2) is 83.3 Å². The third kappa shape index (κ3) is 4.15. The van der Waals surface area contributed by atoms with Crippen LogP contribution in [0.3, 0.4) is 0 Å². The summed E-state index contributed by atoms with van der Waals surface area (Å²) in [5, 5.41) is 1.50. The van der Waals surface area contributed by atoms with Gasteiger partial charge in [0.15, 0.2) is 0 Å². The molecule has 5 rings (SSSR count). The summed E-state index contributed by atoms with van der Waals surface area (Å²) in [6.07, 6.45) is 0. The van der Waals surface area contributed by atoms with Gasteiger partial charge < -0.3 is 4.90 Å². The second-order valence-corrected chi connectivity index (χ2v) is 9.60. The number of amides is 3. The van der Waals surface area contributed by atoms with E-state index >= 15 is 0 Å². The van der Waals surface area contributed by atoms with Crippen molar-refractivity contribution in [1.29, 1.82) is 0 Å². The summed E-state index contributed by atoms with van der Waals surface area (Å²) in [6, 6.07) is 24.1. The number of nitrogens with zero attached hydrogens (tertiary/aromatic N) is 2. The summed E-state index contributed by atoms with van der Waals surface area (Å²) in [5.41, 5.74) is 4.31. The Morgan fingerprint density at radius 2 is 1.51 bits per heavy atom. The minimum Gasteiger partial charge on any atom is -0.307 e. The van der Waals surface area contributed by atoms with Crippen molar-refractivity contribution in [3.8, 4) is 0 Å². The number of hydrogen-bond acceptors (Lipinski definition) is 3. The van der Waals surface area contributed by atoms with Gasteiger partial charge in [-0.1, -0.05) is 63.5 Å². The van der Waals surface area contributed by atoms with Crippen LogP contribution in [-0.2, 0) is 0 Å². The van der Waals surface area contributed by atoms with Gasteiger partial charge in [-0.25, -0.2) is 0 Å². The fourth-order valence-corrected chi connectivity index (χ4v) is 4.98. The zero-order chi connectivity index (χ0) is 24.7. The molecule has 35 heavy (non-hydrogen) atoms. The highest BCUT2D eigenvalue weighted by Gasteiger charge is 2.33. The summed E-state index contributed by atoms with van der Waals surface area (Å²) in [6.45, 7) is 4.18. The van der Waals surface area contributed by atoms with Crippen molar-refractivity contribution in [3.05, 3.63) is 111 Å². The molecule has 0 atom stereocenters. The highest BCUT2D eigenvalue weighted by molar-refractivity contribution is 9.10. The first-order valence-electron chi connectivity index (χ1n) is 11.4. The molecule has 0 N–H and O–H groups in total. The number of imide groups is 1. The molecule has 174 valence electrons. The van der Waals surface area contributed by atoms with Gasteiger partial charge in [0.25, 0.3) is 17.7 Å². The largest absolute Gasteiger partial charge is 0.307 e. The topological polar surface area (TPSA) is 57.7 Å². The van der Waals surface area contributed by atoms with Crippen LogP contribution in [0.2, 0.25) is 0 Å². The minimum absolute atomic E-state index is 0.0784. The highest BCUT2D eigenvalue weighted by atomic mass is 79.9. The lowest BCUT2D eigenvalue weighted by Gasteiger charge is -2.30. The van der Waals surface area contributed by atoms with Gasteiger partial charge in [-0.05, 0) is 61.7 Å². The van der Waals surface area contributed by atoms with Gasteiger partial charge in [0.2, 0.25) is 0 Å². The van der Waals surface area contributed by atoms with Crippen LogP contribution in [0.25, 0.3) is 10.8 Å². The molecule has 0 radical (unpaired) electrons. The Morgan fingerprint density at radius 3 is 2.23 bits per heavy atom. The second kappa shape index (κ2) is 9.12. The maximum Gasteiger partial charge on any atom is 0.261 e. The van der Waals surface area contributed by atoms with Crippen molar-refractivity contribution in [3.63, 3.8) is 0 Å². The molecule has 0 unspecified atom stereocenters. The maximum atomic E-state index is 13.5. The monoisotopic (exact) mass is 526 g/mol. The zero-order valence-electron chi connectivity index (χ0n) is 19.4. The molecule has 0 aromatic heterocycles. The van der Waals surface area contributed by atoms with Crippen LogP contribution in [-0.4, -0.2) is 35.7 Å². The summed E-state index contributed by atoms with van der Waals surface area (Å²) in [7, 11) is 0. The predicted octanol–water partition coefficient (Wildman–Crippen LogP) is 6.16. The van der Waals surface area contributed by atoms with Crippen LogP contribution in [0.5, 0.6) is 0 Å². The van der Waals surface area contributed by atoms with Crippen molar-refractivity contribution in [2.24, 2.45) is 0 Å². The van der Waals surface area contributed by atoms with E-state index in [-0.39, 0.29) is 30.8 Å². The molecule has 1 aliphatic heterocycles. The van der Waals surface area contributed by atoms with Gasteiger partial charge in [0.05, 0.1) is 0 Å². The van der Waals surface area contributed by atoms with Crippen LogP contribution >= 0.6 is 15.9 Å². The van der Waals surface area contributed by atoms with Crippen molar-refractivity contribution in [1.82, 2.24) is 4.90 Å². The molecule has 0 aliphatic carbocycles. The van der Waals surface area contributed by atoms with Gasteiger partial charge in [-0.2, -0.15) is 0 Å². The smallest absolute Gasteiger partial charge is 0.261 e. The second-order valence-electron chi connectivity index (χ2n) is 8.75. The molecule has 3 amide bonds. The lowest BCUT2D eigenvalue weighted by molar-refractivity contribution is 0.0611. The molecule has 4 aromatic carbocycles. The standard InChI is InChI=1S/C29H23BrN2O3/c1-18-9-11-21(12-10-18)31(27(33)20-6-3-5-19(2)17-20)15-16-32-28(34)23-8-4-7-22-25(30)14-13-24(26(22)23)29(32)35/h3-14,17H,15-16H2,1-2H3. The van der Waals surface area contributed by atoms with Crippen LogP contribution in [0.4, 0.5) is 5.69 Å². The SMILES string of the molecule is Cc1ccc(N(CCN2C(=O)c3cccc4c(Br)ccc(c34)C2=O)C(=O)c2cccc(C)c2)cc1. The fraction of sp³-hybridized carbons (Fsp3) is 0.138. The normalized spacial score (nSPS) is 12.8. The average molecular weight is 527 g/mol. The molecular formula is C29H23BrN2O3. The molecular weight excluding hydrogens is 504 g/mol. The van der Waals surface area contributed by atoms with E-state index in [1.165, 1.54) is 4.90 Å². The lowest BCUT2D eigenvalue weighted by Crippen LogP contribution is -2.46. The van der Waals surface area contributed by atoms with Crippen LogP contribution < -0.4 is 4.90 Å². The fourth-order valence-electron chi connectivity index (χ4n) is 4.52. The number of benzene rings is 4. The highest BCUT2D eigenvalue weighted by Crippen LogP contribution is 2.34. The third-order valence-electron chi connectivity index (χ3n) is 6.34. The molecule has 1 heterocycles. The summed E-state index contributed by atoms with van der Waals surface area (Å²) in [5.74, 6) is -0.878. The van der Waals surface area contributed by atoms with Gasteiger partial charge in [0.1, 0.15) is 0 Å². The first kappa shape index (κ1) is 23.0. The molecule has 0 spiro atoms. The molecule has 4 aromatic rings. The number of hydrogen-bond donors (Lipinski definition) is 0. The van der Waals surface area contributed by atoms with Crippen molar-refractivity contribution in [2.45, 2.75) is 13.8 Å². The third-order valence-corrected chi connectivity index (χ3v) is 7.03. The summed E-state index contributed by atoms with van der Waals surface area (Å²) < 4.78 is 0.835. The number of carbonyl (C=O) groups excluding carboxylic acids is 3. The van der Waals surface area contributed by atoms with E-state index in [0.717, 1.165) is 21.0 Å².